The molecule has 25 heavy (non-hydrogen) atoms. The Bertz CT molecular complexity index is 899. The number of aromatic nitrogens is 1. The summed E-state index contributed by atoms with van der Waals surface area (Å²) < 4.78 is 5.08. The molecule has 5 heteroatoms. The summed E-state index contributed by atoms with van der Waals surface area (Å²) >= 11 is 0. The molecule has 3 rings (SSSR count). The first kappa shape index (κ1) is 16.6. The van der Waals surface area contributed by atoms with Crippen molar-refractivity contribution in [1.29, 1.82) is 0 Å². The van der Waals surface area contributed by atoms with Crippen LogP contribution in [0.5, 0.6) is 0 Å². The van der Waals surface area contributed by atoms with Gasteiger partial charge in [0.1, 0.15) is 0 Å². The highest BCUT2D eigenvalue weighted by atomic mass is 16.5. The molecule has 0 saturated carbocycles. The third-order valence-electron chi connectivity index (χ3n) is 3.71. The Morgan fingerprint density at radius 3 is 2.60 bits per heavy atom. The smallest absolute Gasteiger partial charge is 0.338 e. The van der Waals surface area contributed by atoms with Gasteiger partial charge in [0.2, 0.25) is 0 Å². The summed E-state index contributed by atoms with van der Waals surface area (Å²) in [5.41, 5.74) is 2.39. The number of ether oxygens (including phenoxy) is 1. The molecule has 0 bridgehead atoms. The second kappa shape index (κ2) is 7.57. The van der Waals surface area contributed by atoms with E-state index in [9.17, 15) is 9.59 Å². The number of rotatable bonds is 5. The average Bonchev–Trinajstić information content (AvgIpc) is 2.66. The lowest BCUT2D eigenvalue weighted by Gasteiger charge is -2.08. The molecule has 0 saturated heterocycles. The number of pyridine rings is 1. The van der Waals surface area contributed by atoms with Crippen molar-refractivity contribution in [3.05, 3.63) is 71.9 Å². The third kappa shape index (κ3) is 3.83. The molecular formula is C20H18N2O3. The highest BCUT2D eigenvalue weighted by Crippen LogP contribution is 2.18. The molecule has 1 aromatic heterocycles. The molecule has 1 amide bonds. The first-order valence-corrected chi connectivity index (χ1v) is 8.11. The van der Waals surface area contributed by atoms with E-state index in [2.05, 4.69) is 10.3 Å². The number of carbonyl (C=O) groups is 2. The second-order valence-corrected chi connectivity index (χ2v) is 5.54. The standard InChI is InChI=1S/C20H18N2O3/c1-2-13-25-20(24)14-8-10-15(11-9-14)22-19(23)17-5-3-7-18-16(17)6-4-12-21-18/h3-12H,2,13H2,1H3,(H,22,23). The number of hydrogen-bond donors (Lipinski definition) is 1. The van der Waals surface area contributed by atoms with Crippen LogP contribution in [0, 0.1) is 0 Å². The SMILES string of the molecule is CCCOC(=O)c1ccc(NC(=O)c2cccc3ncccc23)cc1. The first-order valence-electron chi connectivity index (χ1n) is 8.11. The lowest BCUT2D eigenvalue weighted by Crippen LogP contribution is -2.13. The van der Waals surface area contributed by atoms with Crippen LogP contribution in [0.25, 0.3) is 10.9 Å². The Hall–Kier alpha value is -3.21. The van der Waals surface area contributed by atoms with E-state index in [-0.39, 0.29) is 11.9 Å². The molecule has 0 aliphatic carbocycles. The van der Waals surface area contributed by atoms with Crippen LogP contribution in [0.2, 0.25) is 0 Å². The van der Waals surface area contributed by atoms with Gasteiger partial charge in [-0.15, -0.1) is 0 Å². The number of anilines is 1. The van der Waals surface area contributed by atoms with Crippen LogP contribution in [0.15, 0.2) is 60.8 Å². The van der Waals surface area contributed by atoms with E-state index in [0.29, 0.717) is 23.4 Å². The Kier molecular flexibility index (Phi) is 5.04. The zero-order valence-electron chi connectivity index (χ0n) is 13.9. The van der Waals surface area contributed by atoms with E-state index in [0.717, 1.165) is 17.3 Å². The van der Waals surface area contributed by atoms with Crippen molar-refractivity contribution in [3.63, 3.8) is 0 Å². The van der Waals surface area contributed by atoms with Crippen molar-refractivity contribution in [1.82, 2.24) is 4.98 Å². The van der Waals surface area contributed by atoms with Crippen molar-refractivity contribution in [3.8, 4) is 0 Å². The van der Waals surface area contributed by atoms with E-state index >= 15 is 0 Å². The minimum absolute atomic E-state index is 0.222. The molecule has 5 nitrogen and oxygen atoms in total. The van der Waals surface area contributed by atoms with E-state index in [1.165, 1.54) is 0 Å². The summed E-state index contributed by atoms with van der Waals surface area (Å²) in [5, 5.41) is 3.63. The molecule has 0 fully saturated rings. The minimum Gasteiger partial charge on any atom is -0.462 e. The fraction of sp³-hybridized carbons (Fsp3) is 0.150. The van der Waals surface area contributed by atoms with Crippen molar-refractivity contribution in [2.24, 2.45) is 0 Å². The lowest BCUT2D eigenvalue weighted by molar-refractivity contribution is 0.0505. The summed E-state index contributed by atoms with van der Waals surface area (Å²) in [4.78, 5) is 28.6. The predicted octanol–water partition coefficient (Wildman–Crippen LogP) is 4.05. The third-order valence-corrected chi connectivity index (χ3v) is 3.71. The van der Waals surface area contributed by atoms with E-state index in [1.807, 2.05) is 19.1 Å². The summed E-state index contributed by atoms with van der Waals surface area (Å²) in [5.74, 6) is -0.584. The molecule has 0 aliphatic heterocycles. The zero-order valence-corrected chi connectivity index (χ0v) is 13.9. The van der Waals surface area contributed by atoms with Crippen LogP contribution >= 0.6 is 0 Å². The zero-order chi connectivity index (χ0) is 17.6. The Morgan fingerprint density at radius 1 is 1.04 bits per heavy atom. The van der Waals surface area contributed by atoms with Crippen LogP contribution in [0.3, 0.4) is 0 Å². The van der Waals surface area contributed by atoms with Gasteiger partial charge < -0.3 is 10.1 Å². The maximum atomic E-state index is 12.6. The normalized spacial score (nSPS) is 10.4. The predicted molar refractivity (Wildman–Crippen MR) is 96.7 cm³/mol. The fourth-order valence-corrected chi connectivity index (χ4v) is 2.47. The summed E-state index contributed by atoms with van der Waals surface area (Å²) in [6.45, 7) is 2.33. The molecule has 1 heterocycles. The molecule has 1 N–H and O–H groups in total. The van der Waals surface area contributed by atoms with Crippen LogP contribution in [-0.2, 0) is 4.74 Å². The molecule has 0 atom stereocenters. The van der Waals surface area contributed by atoms with Gasteiger partial charge in [0, 0.05) is 22.8 Å². The molecule has 0 radical (unpaired) electrons. The molecule has 2 aromatic carbocycles. The van der Waals surface area contributed by atoms with Crippen LogP contribution < -0.4 is 5.32 Å². The van der Waals surface area contributed by atoms with Crippen molar-refractivity contribution in [2.75, 3.05) is 11.9 Å². The number of fused-ring (bicyclic) bond motifs is 1. The lowest BCUT2D eigenvalue weighted by atomic mass is 10.1. The number of amides is 1. The van der Waals surface area contributed by atoms with Gasteiger partial charge in [-0.25, -0.2) is 4.79 Å². The number of nitrogens with zero attached hydrogens (tertiary/aromatic N) is 1. The Morgan fingerprint density at radius 2 is 1.84 bits per heavy atom. The quantitative estimate of drug-likeness (QED) is 0.715. The number of hydrogen-bond acceptors (Lipinski definition) is 4. The van der Waals surface area contributed by atoms with Crippen molar-refractivity contribution in [2.45, 2.75) is 13.3 Å². The molecule has 0 aliphatic rings. The second-order valence-electron chi connectivity index (χ2n) is 5.54. The highest BCUT2D eigenvalue weighted by Gasteiger charge is 2.11. The van der Waals surface area contributed by atoms with Gasteiger partial charge in [0.05, 0.1) is 17.7 Å². The van der Waals surface area contributed by atoms with Gasteiger partial charge in [-0.1, -0.05) is 19.1 Å². The maximum absolute atomic E-state index is 12.6. The fourth-order valence-electron chi connectivity index (χ4n) is 2.47. The van der Waals surface area contributed by atoms with E-state index in [1.54, 1.807) is 48.7 Å². The number of esters is 1. The van der Waals surface area contributed by atoms with Crippen LogP contribution in [-0.4, -0.2) is 23.5 Å². The van der Waals surface area contributed by atoms with Gasteiger partial charge >= 0.3 is 5.97 Å². The van der Waals surface area contributed by atoms with E-state index < -0.39 is 0 Å². The van der Waals surface area contributed by atoms with Gasteiger partial charge in [-0.3, -0.25) is 9.78 Å². The molecule has 3 aromatic rings. The number of nitrogens with one attached hydrogen (secondary N) is 1. The summed E-state index contributed by atoms with van der Waals surface area (Å²) in [7, 11) is 0. The topological polar surface area (TPSA) is 68.3 Å². The largest absolute Gasteiger partial charge is 0.462 e. The van der Waals surface area contributed by atoms with Crippen molar-refractivity contribution >= 4 is 28.5 Å². The summed E-state index contributed by atoms with van der Waals surface area (Å²) in [6, 6.07) is 15.7. The summed E-state index contributed by atoms with van der Waals surface area (Å²) in [6.07, 6.45) is 2.47. The average molecular weight is 334 g/mol. The highest BCUT2D eigenvalue weighted by molar-refractivity contribution is 6.12. The Balaban J connectivity index is 1.75. The Labute approximate surface area is 145 Å². The van der Waals surface area contributed by atoms with Gasteiger partial charge in [-0.2, -0.15) is 0 Å². The number of benzene rings is 2. The van der Waals surface area contributed by atoms with E-state index in [4.69, 9.17) is 4.74 Å². The first-order chi connectivity index (χ1) is 12.2. The van der Waals surface area contributed by atoms with Gasteiger partial charge in [0.15, 0.2) is 0 Å². The van der Waals surface area contributed by atoms with Gasteiger partial charge in [0.25, 0.3) is 5.91 Å². The molecular weight excluding hydrogens is 316 g/mol. The molecule has 126 valence electrons. The van der Waals surface area contributed by atoms with Crippen LogP contribution in [0.4, 0.5) is 5.69 Å². The number of carbonyl (C=O) groups excluding carboxylic acids is 2. The van der Waals surface area contributed by atoms with Gasteiger partial charge in [-0.05, 0) is 48.9 Å². The molecule has 0 unspecified atom stereocenters. The maximum Gasteiger partial charge on any atom is 0.338 e. The van der Waals surface area contributed by atoms with Crippen molar-refractivity contribution < 1.29 is 14.3 Å². The molecule has 0 spiro atoms. The minimum atomic E-state index is -0.361. The van der Waals surface area contributed by atoms with Crippen LogP contribution in [0.1, 0.15) is 34.1 Å². The monoisotopic (exact) mass is 334 g/mol.